The highest BCUT2D eigenvalue weighted by molar-refractivity contribution is 5.88. The summed E-state index contributed by atoms with van der Waals surface area (Å²) in [5.41, 5.74) is 9.42. The number of hydrogen-bond donors (Lipinski definition) is 0. The fraction of sp³-hybridized carbons (Fsp3) is 0.222. The predicted octanol–water partition coefficient (Wildman–Crippen LogP) is 4.76. The monoisotopic (exact) mass is 419 g/mol. The first-order valence-electron chi connectivity index (χ1n) is 11.0. The molecule has 5 nitrogen and oxygen atoms in total. The molecule has 1 fully saturated rings. The summed E-state index contributed by atoms with van der Waals surface area (Å²) in [6.07, 6.45) is 14.6. The van der Waals surface area contributed by atoms with Crippen LogP contribution in [0.2, 0.25) is 0 Å². The summed E-state index contributed by atoms with van der Waals surface area (Å²) < 4.78 is 2.15. The molecule has 2 aliphatic rings. The number of allylic oxidation sites excluding steroid dienone is 4. The van der Waals surface area contributed by atoms with E-state index in [1.165, 1.54) is 22.3 Å². The van der Waals surface area contributed by atoms with Crippen molar-refractivity contribution in [3.8, 4) is 6.07 Å². The van der Waals surface area contributed by atoms with Crippen LogP contribution in [0.15, 0.2) is 90.7 Å². The number of rotatable bonds is 5. The zero-order valence-corrected chi connectivity index (χ0v) is 18.0. The molecule has 0 radical (unpaired) electrons. The lowest BCUT2D eigenvalue weighted by Gasteiger charge is -2.38. The minimum Gasteiger partial charge on any atom is -0.368 e. The Morgan fingerprint density at radius 2 is 1.78 bits per heavy atom. The van der Waals surface area contributed by atoms with Crippen LogP contribution in [-0.4, -0.2) is 40.6 Å². The lowest BCUT2D eigenvalue weighted by molar-refractivity contribution is 0.333. The minimum atomic E-state index is 0.517. The standard InChI is InChI=1S/C27H25N5/c28-12-4-15-31-16-11-23-21-22(7-8-26(23)31)25-5-2-1-3-6-27(25)32-19-17-30(18-20-32)24-9-13-29-14-10-24/h1-3,6-11,13-14,16,21H,4,15,17-20H2. The fourth-order valence-electron chi connectivity index (χ4n) is 4.47. The van der Waals surface area contributed by atoms with Crippen molar-refractivity contribution in [2.45, 2.75) is 13.0 Å². The SMILES string of the molecule is N#CCCn1ccc2cc(C3=C=CC=CC=C3N3CCN(c4ccncc4)CC3)ccc21. The third kappa shape index (κ3) is 3.97. The zero-order chi connectivity index (χ0) is 21.8. The largest absolute Gasteiger partial charge is 0.368 e. The second-order valence-corrected chi connectivity index (χ2v) is 7.99. The van der Waals surface area contributed by atoms with Gasteiger partial charge in [-0.3, -0.25) is 4.98 Å². The van der Waals surface area contributed by atoms with Gasteiger partial charge in [-0.15, -0.1) is 5.73 Å². The Morgan fingerprint density at radius 1 is 0.969 bits per heavy atom. The first-order chi connectivity index (χ1) is 15.8. The van der Waals surface area contributed by atoms with E-state index in [2.05, 4.69) is 85.9 Å². The van der Waals surface area contributed by atoms with Gasteiger partial charge in [0.25, 0.3) is 0 Å². The first kappa shape index (κ1) is 19.9. The Morgan fingerprint density at radius 3 is 2.59 bits per heavy atom. The van der Waals surface area contributed by atoms with E-state index >= 15 is 0 Å². The van der Waals surface area contributed by atoms with E-state index in [1.54, 1.807) is 0 Å². The van der Waals surface area contributed by atoms with Crippen molar-refractivity contribution >= 4 is 22.2 Å². The van der Waals surface area contributed by atoms with E-state index in [9.17, 15) is 0 Å². The summed E-state index contributed by atoms with van der Waals surface area (Å²) in [6.45, 7) is 4.59. The molecule has 32 heavy (non-hydrogen) atoms. The molecule has 0 amide bonds. The van der Waals surface area contributed by atoms with E-state index in [0.717, 1.165) is 43.8 Å². The Labute approximate surface area is 188 Å². The summed E-state index contributed by atoms with van der Waals surface area (Å²) in [7, 11) is 0. The van der Waals surface area contributed by atoms with E-state index in [0.29, 0.717) is 6.42 Å². The smallest absolute Gasteiger partial charge is 0.0640 e. The highest BCUT2D eigenvalue weighted by atomic mass is 15.3. The topological polar surface area (TPSA) is 48.1 Å². The minimum absolute atomic E-state index is 0.517. The molecule has 158 valence electrons. The molecular formula is C27H25N5. The molecule has 3 aromatic rings. The van der Waals surface area contributed by atoms with Gasteiger partial charge in [-0.05, 0) is 48.0 Å². The van der Waals surface area contributed by atoms with Gasteiger partial charge in [-0.25, -0.2) is 0 Å². The molecule has 0 bridgehead atoms. The molecule has 0 spiro atoms. The molecule has 0 N–H and O–H groups in total. The molecule has 0 saturated carbocycles. The predicted molar refractivity (Wildman–Crippen MR) is 129 cm³/mol. The number of benzene rings is 1. The van der Waals surface area contributed by atoms with Crippen molar-refractivity contribution in [1.29, 1.82) is 5.26 Å². The van der Waals surface area contributed by atoms with Crippen molar-refractivity contribution < 1.29 is 0 Å². The number of hydrogen-bond acceptors (Lipinski definition) is 4. The fourth-order valence-corrected chi connectivity index (χ4v) is 4.47. The Bertz CT molecular complexity index is 1270. The maximum Gasteiger partial charge on any atom is 0.0640 e. The van der Waals surface area contributed by atoms with Crippen molar-refractivity contribution in [3.63, 3.8) is 0 Å². The van der Waals surface area contributed by atoms with Crippen molar-refractivity contribution in [3.05, 3.63) is 96.3 Å². The first-order valence-corrected chi connectivity index (χ1v) is 11.0. The molecule has 1 saturated heterocycles. The number of aromatic nitrogens is 2. The van der Waals surface area contributed by atoms with Gasteiger partial charge in [-0.2, -0.15) is 5.26 Å². The van der Waals surface area contributed by atoms with Gasteiger partial charge in [0.15, 0.2) is 0 Å². The van der Waals surface area contributed by atoms with Crippen LogP contribution in [0.3, 0.4) is 0 Å². The van der Waals surface area contributed by atoms with E-state index < -0.39 is 0 Å². The van der Waals surface area contributed by atoms with Gasteiger partial charge in [0.1, 0.15) is 0 Å². The molecule has 0 atom stereocenters. The normalized spacial score (nSPS) is 16.0. The van der Waals surface area contributed by atoms with Crippen molar-refractivity contribution in [2.24, 2.45) is 0 Å². The Hall–Kier alpha value is -4.00. The van der Waals surface area contributed by atoms with Gasteiger partial charge in [0.2, 0.25) is 0 Å². The average molecular weight is 420 g/mol. The van der Waals surface area contributed by atoms with E-state index in [1.807, 2.05) is 24.5 Å². The van der Waals surface area contributed by atoms with Crippen LogP contribution < -0.4 is 4.90 Å². The van der Waals surface area contributed by atoms with E-state index in [4.69, 9.17) is 5.26 Å². The van der Waals surface area contributed by atoms with Crippen molar-refractivity contribution in [2.75, 3.05) is 31.1 Å². The maximum atomic E-state index is 8.91. The molecule has 5 heteroatoms. The highest BCUT2D eigenvalue weighted by Gasteiger charge is 2.22. The molecular weight excluding hydrogens is 394 g/mol. The summed E-state index contributed by atoms with van der Waals surface area (Å²) in [5, 5.41) is 10.1. The lowest BCUT2D eigenvalue weighted by atomic mass is 10.00. The molecule has 0 unspecified atom stereocenters. The van der Waals surface area contributed by atoms with Gasteiger partial charge >= 0.3 is 0 Å². The highest BCUT2D eigenvalue weighted by Crippen LogP contribution is 2.30. The van der Waals surface area contributed by atoms with Gasteiger partial charge in [0, 0.05) is 73.5 Å². The molecule has 1 aromatic carbocycles. The number of pyridine rings is 1. The number of nitrogens with zero attached hydrogens (tertiary/aromatic N) is 5. The van der Waals surface area contributed by atoms with Crippen LogP contribution in [0.25, 0.3) is 16.5 Å². The van der Waals surface area contributed by atoms with Crippen LogP contribution in [0.4, 0.5) is 5.69 Å². The Balaban J connectivity index is 1.39. The molecule has 5 rings (SSSR count). The number of anilines is 1. The van der Waals surface area contributed by atoms with Gasteiger partial charge < -0.3 is 14.4 Å². The number of nitriles is 1. The second kappa shape index (κ2) is 9.01. The lowest BCUT2D eigenvalue weighted by Crippen LogP contribution is -2.46. The molecule has 1 aliphatic carbocycles. The number of fused-ring (bicyclic) bond motifs is 1. The van der Waals surface area contributed by atoms with Crippen LogP contribution in [0.1, 0.15) is 12.0 Å². The van der Waals surface area contributed by atoms with Crippen LogP contribution in [0, 0.1) is 11.3 Å². The zero-order valence-electron chi connectivity index (χ0n) is 18.0. The number of aryl methyl sites for hydroxylation is 1. The van der Waals surface area contributed by atoms with Crippen LogP contribution in [-0.2, 0) is 6.54 Å². The summed E-state index contributed by atoms with van der Waals surface area (Å²) >= 11 is 0. The third-order valence-corrected chi connectivity index (χ3v) is 6.12. The van der Waals surface area contributed by atoms with Gasteiger partial charge in [-0.1, -0.05) is 18.2 Å². The summed E-state index contributed by atoms with van der Waals surface area (Å²) in [6, 6.07) is 15.1. The molecule has 2 aromatic heterocycles. The maximum absolute atomic E-state index is 8.91. The van der Waals surface area contributed by atoms with E-state index in [-0.39, 0.29) is 0 Å². The molecule has 3 heterocycles. The third-order valence-electron chi connectivity index (χ3n) is 6.12. The summed E-state index contributed by atoms with van der Waals surface area (Å²) in [4.78, 5) is 9.02. The van der Waals surface area contributed by atoms with Crippen LogP contribution >= 0.6 is 0 Å². The average Bonchev–Trinajstić information content (AvgIpc) is 3.09. The quantitative estimate of drug-likeness (QED) is 0.559. The second-order valence-electron chi connectivity index (χ2n) is 7.99. The van der Waals surface area contributed by atoms with Gasteiger partial charge in [0.05, 0.1) is 18.2 Å². The van der Waals surface area contributed by atoms with Crippen LogP contribution in [0.5, 0.6) is 0 Å². The summed E-state index contributed by atoms with van der Waals surface area (Å²) in [5.74, 6) is 0. The Kier molecular flexibility index (Phi) is 5.61. The number of piperazine rings is 1. The van der Waals surface area contributed by atoms with Crippen molar-refractivity contribution in [1.82, 2.24) is 14.5 Å². The molecule has 1 aliphatic heterocycles.